The van der Waals surface area contributed by atoms with Gasteiger partial charge in [0.15, 0.2) is 0 Å². The smallest absolute Gasteiger partial charge is 0.311 e. The van der Waals surface area contributed by atoms with Crippen molar-refractivity contribution in [3.63, 3.8) is 0 Å². The van der Waals surface area contributed by atoms with Crippen LogP contribution in [0.1, 0.15) is 18.1 Å². The van der Waals surface area contributed by atoms with Crippen LogP contribution in [0.4, 0.5) is 5.69 Å². The van der Waals surface area contributed by atoms with Gasteiger partial charge < -0.3 is 15.3 Å². The molecule has 0 saturated carbocycles. The van der Waals surface area contributed by atoms with Gasteiger partial charge in [0, 0.05) is 24.8 Å². The fourth-order valence-electron chi connectivity index (χ4n) is 1.22. The molecule has 0 aromatic heterocycles. The average molecular weight is 238 g/mol. The topological polar surface area (TPSA) is 114 Å². The lowest BCUT2D eigenvalue weighted by atomic mass is 10.1. The molecule has 1 aromatic carbocycles. The van der Waals surface area contributed by atoms with Crippen molar-refractivity contribution in [3.8, 4) is 5.75 Å². The number of phenolic OH excluding ortho intramolecular Hbond substituents is 1. The first kappa shape index (κ1) is 12.6. The van der Waals surface area contributed by atoms with Gasteiger partial charge in [-0.1, -0.05) is 0 Å². The molecule has 0 aliphatic rings. The Hall–Kier alpha value is -2.44. The minimum Gasteiger partial charge on any atom is -0.502 e. The van der Waals surface area contributed by atoms with Gasteiger partial charge in [0.1, 0.15) is 6.61 Å². The number of aromatic hydroxyl groups is 1. The van der Waals surface area contributed by atoms with Crippen LogP contribution in [0.2, 0.25) is 0 Å². The zero-order valence-corrected chi connectivity index (χ0v) is 8.97. The van der Waals surface area contributed by atoms with Crippen molar-refractivity contribution >= 4 is 17.9 Å². The molecule has 7 nitrogen and oxygen atoms in total. The van der Waals surface area contributed by atoms with Crippen LogP contribution in [0.5, 0.6) is 5.75 Å². The molecule has 1 aromatic rings. The maximum absolute atomic E-state index is 10.6. The molecule has 0 amide bonds. The normalized spacial score (nSPS) is 9.71. The number of nitro benzene ring substituents is 1. The van der Waals surface area contributed by atoms with Gasteiger partial charge >= 0.3 is 11.7 Å². The highest BCUT2D eigenvalue weighted by atomic mass is 16.6. The van der Waals surface area contributed by atoms with Gasteiger partial charge in [-0.05, 0) is 11.6 Å². The number of benzene rings is 1. The van der Waals surface area contributed by atoms with Gasteiger partial charge in [0.25, 0.3) is 0 Å². The second kappa shape index (κ2) is 5.06. The number of ether oxygens (including phenoxy) is 1. The third-order valence-corrected chi connectivity index (χ3v) is 1.97. The van der Waals surface area contributed by atoms with Crippen LogP contribution in [0.15, 0.2) is 12.1 Å². The molecule has 0 fully saturated rings. The van der Waals surface area contributed by atoms with E-state index in [-0.39, 0.29) is 12.2 Å². The summed E-state index contributed by atoms with van der Waals surface area (Å²) in [7, 11) is 0. The lowest BCUT2D eigenvalue weighted by molar-refractivity contribution is -0.386. The Bertz CT molecular complexity index is 484. The Kier molecular flexibility index (Phi) is 3.76. The van der Waals surface area contributed by atoms with E-state index in [0.29, 0.717) is 5.56 Å². The molecule has 2 N–H and O–H groups in total. The van der Waals surface area contributed by atoms with Gasteiger partial charge in [-0.3, -0.25) is 14.9 Å². The van der Waals surface area contributed by atoms with E-state index in [1.807, 2.05) is 0 Å². The van der Waals surface area contributed by atoms with Gasteiger partial charge in [0.2, 0.25) is 5.75 Å². The van der Waals surface area contributed by atoms with Crippen LogP contribution in [-0.4, -0.2) is 22.2 Å². The van der Waals surface area contributed by atoms with E-state index >= 15 is 0 Å². The molecule has 0 aliphatic carbocycles. The molecule has 90 valence electrons. The van der Waals surface area contributed by atoms with Gasteiger partial charge in [-0.15, -0.1) is 0 Å². The SMILES string of the molecule is CC(=O)OCc1cc(C=N)c(O)c([N+](=O)[O-])c1. The summed E-state index contributed by atoms with van der Waals surface area (Å²) in [5.41, 5.74) is -0.183. The second-order valence-corrected chi connectivity index (χ2v) is 3.23. The summed E-state index contributed by atoms with van der Waals surface area (Å²) in [6.07, 6.45) is 0.791. The number of hydrogen-bond acceptors (Lipinski definition) is 6. The van der Waals surface area contributed by atoms with Gasteiger partial charge in [-0.25, -0.2) is 0 Å². The Morgan fingerprint density at radius 3 is 2.76 bits per heavy atom. The lowest BCUT2D eigenvalue weighted by Crippen LogP contribution is -2.01. The molecule has 0 atom stereocenters. The molecule has 17 heavy (non-hydrogen) atoms. The standard InChI is InChI=1S/C10H10N2O5/c1-6(13)17-5-7-2-8(4-11)10(14)9(3-7)12(15)16/h2-4,11,14H,5H2,1H3. The van der Waals surface area contributed by atoms with E-state index in [0.717, 1.165) is 12.3 Å². The van der Waals surface area contributed by atoms with E-state index in [9.17, 15) is 20.0 Å². The van der Waals surface area contributed by atoms with Crippen molar-refractivity contribution in [2.75, 3.05) is 0 Å². The minimum atomic E-state index is -0.764. The number of rotatable bonds is 4. The summed E-state index contributed by atoms with van der Waals surface area (Å²) >= 11 is 0. The molecule has 0 spiro atoms. The van der Waals surface area contributed by atoms with Crippen molar-refractivity contribution < 1.29 is 19.6 Å². The van der Waals surface area contributed by atoms with E-state index in [4.69, 9.17) is 5.41 Å². The predicted molar refractivity (Wildman–Crippen MR) is 58.1 cm³/mol. The highest BCUT2D eigenvalue weighted by Gasteiger charge is 2.18. The highest BCUT2D eigenvalue weighted by molar-refractivity contribution is 5.84. The zero-order chi connectivity index (χ0) is 13.0. The van der Waals surface area contributed by atoms with E-state index < -0.39 is 22.3 Å². The molecular weight excluding hydrogens is 228 g/mol. The van der Waals surface area contributed by atoms with E-state index in [1.165, 1.54) is 13.0 Å². The van der Waals surface area contributed by atoms with Crippen LogP contribution in [-0.2, 0) is 16.1 Å². The number of esters is 1. The molecule has 1 rings (SSSR count). The molecule has 0 bridgehead atoms. The summed E-state index contributed by atoms with van der Waals surface area (Å²) in [5, 5.41) is 27.1. The minimum absolute atomic E-state index is 0.00125. The Morgan fingerprint density at radius 1 is 1.65 bits per heavy atom. The number of nitrogens with zero attached hydrogens (tertiary/aromatic N) is 1. The fourth-order valence-corrected chi connectivity index (χ4v) is 1.22. The van der Waals surface area contributed by atoms with Crippen molar-refractivity contribution in [2.45, 2.75) is 13.5 Å². The Labute approximate surface area is 96.3 Å². The number of carbonyl (C=O) groups excluding carboxylic acids is 1. The van der Waals surface area contributed by atoms with Crippen molar-refractivity contribution in [1.82, 2.24) is 0 Å². The number of phenols is 1. The van der Waals surface area contributed by atoms with Crippen LogP contribution < -0.4 is 0 Å². The molecular formula is C10H10N2O5. The summed E-state index contributed by atoms with van der Waals surface area (Å²) in [5.74, 6) is -1.09. The summed E-state index contributed by atoms with van der Waals surface area (Å²) in [4.78, 5) is 20.5. The van der Waals surface area contributed by atoms with Gasteiger partial charge in [-0.2, -0.15) is 0 Å². The van der Waals surface area contributed by atoms with Crippen molar-refractivity contribution in [3.05, 3.63) is 33.4 Å². The van der Waals surface area contributed by atoms with Crippen molar-refractivity contribution in [2.24, 2.45) is 0 Å². The average Bonchev–Trinajstić information content (AvgIpc) is 2.27. The Balaban J connectivity index is 3.15. The fraction of sp³-hybridized carbons (Fsp3) is 0.200. The van der Waals surface area contributed by atoms with Crippen LogP contribution in [0.25, 0.3) is 0 Å². The molecule has 0 unspecified atom stereocenters. The molecule has 0 aliphatic heterocycles. The predicted octanol–water partition coefficient (Wildman–Crippen LogP) is 1.36. The number of hydrogen-bond donors (Lipinski definition) is 2. The third kappa shape index (κ3) is 3.00. The van der Waals surface area contributed by atoms with Crippen LogP contribution in [0.3, 0.4) is 0 Å². The second-order valence-electron chi connectivity index (χ2n) is 3.23. The number of nitro groups is 1. The highest BCUT2D eigenvalue weighted by Crippen LogP contribution is 2.30. The lowest BCUT2D eigenvalue weighted by Gasteiger charge is -2.05. The summed E-state index contributed by atoms with van der Waals surface area (Å²) in [6.45, 7) is 1.07. The zero-order valence-electron chi connectivity index (χ0n) is 8.97. The molecule has 7 heteroatoms. The monoisotopic (exact) mass is 238 g/mol. The van der Waals surface area contributed by atoms with Gasteiger partial charge in [0.05, 0.1) is 4.92 Å². The first-order valence-corrected chi connectivity index (χ1v) is 4.59. The van der Waals surface area contributed by atoms with E-state index in [2.05, 4.69) is 4.74 Å². The molecule has 0 radical (unpaired) electrons. The molecule has 0 saturated heterocycles. The van der Waals surface area contributed by atoms with E-state index in [1.54, 1.807) is 0 Å². The van der Waals surface area contributed by atoms with Crippen molar-refractivity contribution in [1.29, 1.82) is 5.41 Å². The summed E-state index contributed by atoms with van der Waals surface area (Å²) in [6, 6.07) is 2.45. The Morgan fingerprint density at radius 2 is 2.29 bits per heavy atom. The third-order valence-electron chi connectivity index (χ3n) is 1.97. The number of nitrogens with one attached hydrogen (secondary N) is 1. The first-order chi connectivity index (χ1) is 7.95. The maximum Gasteiger partial charge on any atom is 0.311 e. The number of carbonyl (C=O) groups is 1. The quantitative estimate of drug-likeness (QED) is 0.356. The van der Waals surface area contributed by atoms with Crippen LogP contribution in [0, 0.1) is 15.5 Å². The van der Waals surface area contributed by atoms with Crippen LogP contribution >= 0.6 is 0 Å². The first-order valence-electron chi connectivity index (χ1n) is 4.59. The maximum atomic E-state index is 10.6. The summed E-state index contributed by atoms with van der Waals surface area (Å²) < 4.78 is 4.68. The molecule has 0 heterocycles. The largest absolute Gasteiger partial charge is 0.502 e.